The molecule has 26 heavy (non-hydrogen) atoms. The van der Waals surface area contributed by atoms with Gasteiger partial charge < -0.3 is 14.1 Å². The summed E-state index contributed by atoms with van der Waals surface area (Å²) in [5.74, 6) is 1.01. The molecule has 1 aromatic heterocycles. The predicted molar refractivity (Wildman–Crippen MR) is 103 cm³/mol. The third kappa shape index (κ3) is 2.90. The van der Waals surface area contributed by atoms with Gasteiger partial charge in [0.15, 0.2) is 5.76 Å². The average molecular weight is 345 g/mol. The van der Waals surface area contributed by atoms with Crippen molar-refractivity contribution in [2.75, 3.05) is 14.2 Å². The Balaban J connectivity index is 1.61. The van der Waals surface area contributed by atoms with Crippen LogP contribution in [0.2, 0.25) is 0 Å². The Morgan fingerprint density at radius 3 is 2.54 bits per heavy atom. The van der Waals surface area contributed by atoms with Crippen LogP contribution in [0.3, 0.4) is 0 Å². The highest BCUT2D eigenvalue weighted by atomic mass is 16.5. The molecule has 4 rings (SSSR count). The molecule has 0 fully saturated rings. The standard InChI is InChI=1S/C22H19NO3/c1-23(14-15-7-10-17(25-2)11-8-15)22(24)21-13-19-18-6-4-3-5-16(18)9-12-20(19)26-21/h3-13H,14H2,1-2H3. The zero-order valence-corrected chi connectivity index (χ0v) is 14.7. The highest BCUT2D eigenvalue weighted by Crippen LogP contribution is 2.28. The first-order chi connectivity index (χ1) is 12.7. The summed E-state index contributed by atoms with van der Waals surface area (Å²) in [7, 11) is 3.41. The lowest BCUT2D eigenvalue weighted by Gasteiger charge is -2.16. The molecule has 0 spiro atoms. The number of carbonyl (C=O) groups excluding carboxylic acids is 1. The molecule has 0 saturated carbocycles. The van der Waals surface area contributed by atoms with E-state index in [0.29, 0.717) is 12.3 Å². The molecule has 0 unspecified atom stereocenters. The van der Waals surface area contributed by atoms with Gasteiger partial charge in [0, 0.05) is 19.0 Å². The van der Waals surface area contributed by atoms with Crippen LogP contribution in [0.25, 0.3) is 21.7 Å². The number of nitrogens with zero attached hydrogens (tertiary/aromatic N) is 1. The van der Waals surface area contributed by atoms with Gasteiger partial charge in [-0.1, -0.05) is 42.5 Å². The monoisotopic (exact) mass is 345 g/mol. The molecule has 0 aliphatic carbocycles. The first-order valence-corrected chi connectivity index (χ1v) is 8.45. The van der Waals surface area contributed by atoms with E-state index in [2.05, 4.69) is 6.07 Å². The number of benzene rings is 3. The Morgan fingerprint density at radius 2 is 1.77 bits per heavy atom. The number of rotatable bonds is 4. The van der Waals surface area contributed by atoms with Gasteiger partial charge in [0.25, 0.3) is 5.91 Å². The molecule has 0 saturated heterocycles. The smallest absolute Gasteiger partial charge is 0.289 e. The van der Waals surface area contributed by atoms with Crippen LogP contribution in [0.15, 0.2) is 71.1 Å². The minimum Gasteiger partial charge on any atom is -0.497 e. The Morgan fingerprint density at radius 1 is 1.00 bits per heavy atom. The van der Waals surface area contributed by atoms with Crippen molar-refractivity contribution in [3.05, 3.63) is 78.1 Å². The maximum Gasteiger partial charge on any atom is 0.289 e. The van der Waals surface area contributed by atoms with Crippen molar-refractivity contribution >= 4 is 27.6 Å². The van der Waals surface area contributed by atoms with Crippen LogP contribution in [0, 0.1) is 0 Å². The summed E-state index contributed by atoms with van der Waals surface area (Å²) in [6.45, 7) is 0.501. The largest absolute Gasteiger partial charge is 0.497 e. The predicted octanol–water partition coefficient (Wildman–Crippen LogP) is 4.87. The summed E-state index contributed by atoms with van der Waals surface area (Å²) in [6.07, 6.45) is 0. The lowest BCUT2D eigenvalue weighted by Crippen LogP contribution is -2.25. The third-order valence-electron chi connectivity index (χ3n) is 4.56. The van der Waals surface area contributed by atoms with Crippen molar-refractivity contribution in [3.8, 4) is 5.75 Å². The van der Waals surface area contributed by atoms with E-state index >= 15 is 0 Å². The lowest BCUT2D eigenvalue weighted by molar-refractivity contribution is 0.0756. The second-order valence-corrected chi connectivity index (χ2v) is 6.32. The highest BCUT2D eigenvalue weighted by molar-refractivity contribution is 6.08. The zero-order chi connectivity index (χ0) is 18.1. The van der Waals surface area contributed by atoms with Gasteiger partial charge in [0.05, 0.1) is 7.11 Å². The third-order valence-corrected chi connectivity index (χ3v) is 4.56. The second kappa shape index (κ2) is 6.56. The highest BCUT2D eigenvalue weighted by Gasteiger charge is 2.18. The molecule has 0 radical (unpaired) electrons. The molecule has 4 heteroatoms. The van der Waals surface area contributed by atoms with Gasteiger partial charge in [0.2, 0.25) is 0 Å². The van der Waals surface area contributed by atoms with Gasteiger partial charge >= 0.3 is 0 Å². The Hall–Kier alpha value is -3.27. The Bertz CT molecular complexity index is 1080. The van der Waals surface area contributed by atoms with E-state index in [1.807, 2.05) is 60.7 Å². The minimum atomic E-state index is -0.138. The maximum atomic E-state index is 12.8. The van der Waals surface area contributed by atoms with Crippen molar-refractivity contribution in [2.24, 2.45) is 0 Å². The van der Waals surface area contributed by atoms with Crippen LogP contribution >= 0.6 is 0 Å². The molecule has 4 nitrogen and oxygen atoms in total. The lowest BCUT2D eigenvalue weighted by atomic mass is 10.1. The maximum absolute atomic E-state index is 12.8. The molecule has 4 aromatic rings. The summed E-state index contributed by atoms with van der Waals surface area (Å²) in [5.41, 5.74) is 1.76. The van der Waals surface area contributed by atoms with Crippen LogP contribution < -0.4 is 4.74 Å². The first-order valence-electron chi connectivity index (χ1n) is 8.45. The van der Waals surface area contributed by atoms with Crippen molar-refractivity contribution in [1.29, 1.82) is 0 Å². The molecule has 3 aromatic carbocycles. The molecule has 0 N–H and O–H groups in total. The first kappa shape index (κ1) is 16.2. The van der Waals surface area contributed by atoms with E-state index in [-0.39, 0.29) is 5.91 Å². The van der Waals surface area contributed by atoms with E-state index in [4.69, 9.17) is 9.15 Å². The number of methoxy groups -OCH3 is 1. The Labute approximate surface area is 151 Å². The van der Waals surface area contributed by atoms with E-state index in [1.165, 1.54) is 0 Å². The number of furan rings is 1. The van der Waals surface area contributed by atoms with Crippen LogP contribution in [-0.4, -0.2) is 25.0 Å². The summed E-state index contributed by atoms with van der Waals surface area (Å²) >= 11 is 0. The van der Waals surface area contributed by atoms with E-state index in [9.17, 15) is 4.79 Å². The number of hydrogen-bond donors (Lipinski definition) is 0. The summed E-state index contributed by atoms with van der Waals surface area (Å²) in [4.78, 5) is 14.4. The molecule has 0 aliphatic rings. The number of hydrogen-bond acceptors (Lipinski definition) is 3. The number of ether oxygens (including phenoxy) is 1. The van der Waals surface area contributed by atoms with Gasteiger partial charge in [0.1, 0.15) is 11.3 Å². The van der Waals surface area contributed by atoms with E-state index in [0.717, 1.165) is 33.1 Å². The van der Waals surface area contributed by atoms with Crippen LogP contribution in [-0.2, 0) is 6.54 Å². The molecule has 1 heterocycles. The molecular weight excluding hydrogens is 326 g/mol. The fourth-order valence-electron chi connectivity index (χ4n) is 3.16. The SMILES string of the molecule is COc1ccc(CN(C)C(=O)c2cc3c(ccc4ccccc43)o2)cc1. The zero-order valence-electron chi connectivity index (χ0n) is 14.7. The molecule has 1 amide bonds. The fraction of sp³-hybridized carbons (Fsp3) is 0.136. The van der Waals surface area contributed by atoms with Crippen molar-refractivity contribution in [1.82, 2.24) is 4.90 Å². The summed E-state index contributed by atoms with van der Waals surface area (Å²) in [5, 5.41) is 3.18. The molecule has 0 atom stereocenters. The van der Waals surface area contributed by atoms with E-state index < -0.39 is 0 Å². The number of fused-ring (bicyclic) bond motifs is 3. The molecule has 0 bridgehead atoms. The normalized spacial score (nSPS) is 11.0. The van der Waals surface area contributed by atoms with Crippen LogP contribution in [0.1, 0.15) is 16.1 Å². The summed E-state index contributed by atoms with van der Waals surface area (Å²) in [6, 6.07) is 21.5. The van der Waals surface area contributed by atoms with Crippen molar-refractivity contribution in [2.45, 2.75) is 6.54 Å². The number of amides is 1. The van der Waals surface area contributed by atoms with E-state index in [1.54, 1.807) is 19.1 Å². The van der Waals surface area contributed by atoms with Gasteiger partial charge in [-0.2, -0.15) is 0 Å². The topological polar surface area (TPSA) is 42.7 Å². The van der Waals surface area contributed by atoms with Gasteiger partial charge in [-0.25, -0.2) is 0 Å². The van der Waals surface area contributed by atoms with Crippen LogP contribution in [0.4, 0.5) is 0 Å². The Kier molecular flexibility index (Phi) is 4.09. The minimum absolute atomic E-state index is 0.138. The molecule has 0 aliphatic heterocycles. The second-order valence-electron chi connectivity index (χ2n) is 6.32. The van der Waals surface area contributed by atoms with Gasteiger partial charge in [-0.3, -0.25) is 4.79 Å². The fourth-order valence-corrected chi connectivity index (χ4v) is 3.16. The average Bonchev–Trinajstić information content (AvgIpc) is 3.12. The van der Waals surface area contributed by atoms with Crippen molar-refractivity contribution in [3.63, 3.8) is 0 Å². The summed E-state index contributed by atoms with van der Waals surface area (Å²) < 4.78 is 11.0. The van der Waals surface area contributed by atoms with Crippen LogP contribution in [0.5, 0.6) is 5.75 Å². The van der Waals surface area contributed by atoms with Crippen molar-refractivity contribution < 1.29 is 13.9 Å². The van der Waals surface area contributed by atoms with Gasteiger partial charge in [-0.15, -0.1) is 0 Å². The molecule has 130 valence electrons. The number of carbonyl (C=O) groups is 1. The molecular formula is C22H19NO3. The van der Waals surface area contributed by atoms with Gasteiger partial charge in [-0.05, 0) is 40.6 Å². The quantitative estimate of drug-likeness (QED) is 0.530.